The molecule has 0 N–H and O–H groups in total. The molecule has 1 aromatic carbocycles. The molecule has 0 aromatic heterocycles. The molecule has 102 valence electrons. The molecule has 0 unspecified atom stereocenters. The minimum Gasteiger partial charge on any atom is -0.544 e. The molecule has 0 aliphatic rings. The van der Waals surface area contributed by atoms with E-state index in [1.165, 1.54) is 5.56 Å². The fourth-order valence-corrected chi connectivity index (χ4v) is 2.50. The summed E-state index contributed by atoms with van der Waals surface area (Å²) in [5.41, 5.74) is 1.56. The summed E-state index contributed by atoms with van der Waals surface area (Å²) in [6.07, 6.45) is 0. The van der Waals surface area contributed by atoms with E-state index in [-0.39, 0.29) is 10.5 Å². The van der Waals surface area contributed by atoms with Gasteiger partial charge in [0.2, 0.25) is 8.32 Å². The second kappa shape index (κ2) is 4.73. The molecule has 1 nitrogen and oxygen atoms in total. The van der Waals surface area contributed by atoms with Gasteiger partial charge in [0.05, 0.1) is 0 Å². The molecular weight excluding hydrogens is 236 g/mol. The Bertz CT molecular complexity index is 391. The molecule has 0 atom stereocenters. The van der Waals surface area contributed by atoms with E-state index in [2.05, 4.69) is 78.9 Å². The van der Waals surface area contributed by atoms with E-state index in [0.29, 0.717) is 0 Å². The van der Waals surface area contributed by atoms with Gasteiger partial charge in [0.25, 0.3) is 0 Å². The minimum atomic E-state index is -1.71. The highest BCUT2D eigenvalue weighted by Crippen LogP contribution is 2.37. The van der Waals surface area contributed by atoms with Gasteiger partial charge in [-0.2, -0.15) is 0 Å². The van der Waals surface area contributed by atoms with Gasteiger partial charge in [-0.25, -0.2) is 0 Å². The molecule has 0 saturated carbocycles. The van der Waals surface area contributed by atoms with Gasteiger partial charge in [0.1, 0.15) is 5.75 Å². The summed E-state index contributed by atoms with van der Waals surface area (Å²) in [4.78, 5) is 0. The van der Waals surface area contributed by atoms with E-state index in [4.69, 9.17) is 4.43 Å². The molecule has 0 fully saturated rings. The summed E-state index contributed by atoms with van der Waals surface area (Å²) in [7, 11) is -1.71. The van der Waals surface area contributed by atoms with Crippen molar-refractivity contribution >= 4 is 8.32 Å². The van der Waals surface area contributed by atoms with Gasteiger partial charge in [-0.3, -0.25) is 0 Å². The van der Waals surface area contributed by atoms with E-state index in [0.717, 1.165) is 5.75 Å². The molecule has 0 spiro atoms. The highest BCUT2D eigenvalue weighted by atomic mass is 28.4. The van der Waals surface area contributed by atoms with Crippen molar-refractivity contribution in [2.45, 2.75) is 65.1 Å². The molecule has 2 heteroatoms. The third kappa shape index (κ3) is 3.61. The Kier molecular flexibility index (Phi) is 4.02. The highest BCUT2D eigenvalue weighted by Gasteiger charge is 2.38. The first-order valence-electron chi connectivity index (χ1n) is 6.73. The Morgan fingerprint density at radius 1 is 0.833 bits per heavy atom. The van der Waals surface area contributed by atoms with Crippen LogP contribution in [0.3, 0.4) is 0 Å². The van der Waals surface area contributed by atoms with Crippen LogP contribution in [0.1, 0.15) is 47.1 Å². The van der Waals surface area contributed by atoms with E-state index in [9.17, 15) is 0 Å². The Balaban J connectivity index is 2.89. The average molecular weight is 264 g/mol. The number of hydrogen-bond acceptors (Lipinski definition) is 1. The van der Waals surface area contributed by atoms with Crippen LogP contribution in [0.5, 0.6) is 5.75 Å². The fraction of sp³-hybridized carbons (Fsp3) is 0.625. The van der Waals surface area contributed by atoms with Gasteiger partial charge < -0.3 is 4.43 Å². The second-order valence-electron chi connectivity index (χ2n) is 7.64. The number of rotatable bonds is 2. The van der Waals surface area contributed by atoms with Crippen LogP contribution in [0.4, 0.5) is 0 Å². The van der Waals surface area contributed by atoms with Crippen molar-refractivity contribution < 1.29 is 4.43 Å². The van der Waals surface area contributed by atoms with Crippen molar-refractivity contribution in [2.24, 2.45) is 0 Å². The van der Waals surface area contributed by atoms with Crippen molar-refractivity contribution in [3.8, 4) is 5.75 Å². The van der Waals surface area contributed by atoms with E-state index < -0.39 is 8.32 Å². The van der Waals surface area contributed by atoms with Gasteiger partial charge in [-0.1, -0.05) is 53.7 Å². The molecule has 18 heavy (non-hydrogen) atoms. The normalized spacial score (nSPS) is 13.6. The van der Waals surface area contributed by atoms with Gasteiger partial charge in [0.15, 0.2) is 0 Å². The molecule has 1 aromatic rings. The van der Waals surface area contributed by atoms with Crippen LogP contribution in [-0.2, 0) is 5.41 Å². The van der Waals surface area contributed by atoms with Crippen molar-refractivity contribution in [3.63, 3.8) is 0 Å². The first kappa shape index (κ1) is 15.3. The molecule has 0 radical (unpaired) electrons. The van der Waals surface area contributed by atoms with Crippen LogP contribution in [0.25, 0.3) is 0 Å². The quantitative estimate of drug-likeness (QED) is 0.653. The molecule has 0 aliphatic heterocycles. The van der Waals surface area contributed by atoms with Crippen molar-refractivity contribution in [3.05, 3.63) is 29.8 Å². The summed E-state index contributed by atoms with van der Waals surface area (Å²) in [6.45, 7) is 18.1. The van der Waals surface area contributed by atoms with Gasteiger partial charge in [-0.05, 0) is 41.2 Å². The highest BCUT2D eigenvalue weighted by molar-refractivity contribution is 6.74. The van der Waals surface area contributed by atoms with Crippen molar-refractivity contribution in [1.29, 1.82) is 0 Å². The zero-order chi connectivity index (χ0) is 14.2. The van der Waals surface area contributed by atoms with Crippen LogP contribution in [0.15, 0.2) is 24.3 Å². The maximum atomic E-state index is 6.27. The van der Waals surface area contributed by atoms with Crippen LogP contribution >= 0.6 is 0 Å². The lowest BCUT2D eigenvalue weighted by Crippen LogP contribution is -2.43. The van der Waals surface area contributed by atoms with Crippen LogP contribution < -0.4 is 4.43 Å². The predicted molar refractivity (Wildman–Crippen MR) is 83.0 cm³/mol. The lowest BCUT2D eigenvalue weighted by Gasteiger charge is -2.36. The molecule has 1 rings (SSSR count). The summed E-state index contributed by atoms with van der Waals surface area (Å²) < 4.78 is 6.27. The molecule has 0 saturated heterocycles. The van der Waals surface area contributed by atoms with E-state index in [1.54, 1.807) is 0 Å². The lowest BCUT2D eigenvalue weighted by atomic mass is 9.87. The Morgan fingerprint density at radius 3 is 1.61 bits per heavy atom. The standard InChI is InChI=1S/C16H28OSi/c1-15(2,3)13-9-11-14(12-10-13)17-18(7,8)16(4,5)6/h9-12H,1-8H3. The molecular formula is C16H28OSi. The molecule has 0 amide bonds. The number of hydrogen-bond donors (Lipinski definition) is 0. The SMILES string of the molecule is CC(C)(C)c1ccc(O[Si](C)(C)C(C)(C)C)cc1. The molecule has 0 aliphatic carbocycles. The molecule has 0 heterocycles. The van der Waals surface area contributed by atoms with E-state index in [1.807, 2.05) is 0 Å². The smallest absolute Gasteiger partial charge is 0.250 e. The van der Waals surface area contributed by atoms with Crippen LogP contribution in [-0.4, -0.2) is 8.32 Å². The second-order valence-corrected chi connectivity index (χ2v) is 12.4. The van der Waals surface area contributed by atoms with Crippen molar-refractivity contribution in [2.75, 3.05) is 0 Å². The average Bonchev–Trinajstić information content (AvgIpc) is 2.14. The number of benzene rings is 1. The van der Waals surface area contributed by atoms with Gasteiger partial charge in [-0.15, -0.1) is 0 Å². The first-order chi connectivity index (χ1) is 7.93. The monoisotopic (exact) mass is 264 g/mol. The lowest BCUT2D eigenvalue weighted by molar-refractivity contribution is 0.491. The largest absolute Gasteiger partial charge is 0.544 e. The summed E-state index contributed by atoms with van der Waals surface area (Å²) in [6, 6.07) is 8.59. The molecule has 0 bridgehead atoms. The fourth-order valence-electron chi connectivity index (χ4n) is 1.47. The summed E-state index contributed by atoms with van der Waals surface area (Å²) in [5, 5.41) is 0.246. The predicted octanol–water partition coefficient (Wildman–Crippen LogP) is 5.37. The van der Waals surface area contributed by atoms with Gasteiger partial charge >= 0.3 is 0 Å². The zero-order valence-corrected chi connectivity index (χ0v) is 14.2. The third-order valence-electron chi connectivity index (χ3n) is 3.90. The topological polar surface area (TPSA) is 9.23 Å². The van der Waals surface area contributed by atoms with Crippen molar-refractivity contribution in [1.82, 2.24) is 0 Å². The summed E-state index contributed by atoms with van der Waals surface area (Å²) in [5.74, 6) is 1.01. The van der Waals surface area contributed by atoms with Crippen LogP contribution in [0.2, 0.25) is 18.1 Å². The first-order valence-corrected chi connectivity index (χ1v) is 9.64. The summed E-state index contributed by atoms with van der Waals surface area (Å²) >= 11 is 0. The Hall–Kier alpha value is -0.763. The Morgan fingerprint density at radius 2 is 1.28 bits per heavy atom. The zero-order valence-electron chi connectivity index (χ0n) is 13.2. The maximum Gasteiger partial charge on any atom is 0.250 e. The van der Waals surface area contributed by atoms with Gasteiger partial charge in [0, 0.05) is 0 Å². The van der Waals surface area contributed by atoms with Crippen LogP contribution in [0, 0.1) is 0 Å². The third-order valence-corrected chi connectivity index (χ3v) is 8.26. The van der Waals surface area contributed by atoms with E-state index >= 15 is 0 Å². The minimum absolute atomic E-state index is 0.204. The maximum absolute atomic E-state index is 6.27. The Labute approximate surface area is 114 Å².